The molecule has 1 rings (SSSR count). The highest BCUT2D eigenvalue weighted by Gasteiger charge is 2.28. The first-order chi connectivity index (χ1) is 6.69. The molecule has 0 bridgehead atoms. The molecule has 1 fully saturated rings. The van der Waals surface area contributed by atoms with Crippen LogP contribution in [0, 0.1) is 11.8 Å². The van der Waals surface area contributed by atoms with E-state index in [1.165, 1.54) is 19.3 Å². The quantitative estimate of drug-likeness (QED) is 0.629. The summed E-state index contributed by atoms with van der Waals surface area (Å²) in [5.74, 6) is 1.30. The molecule has 3 heteroatoms. The highest BCUT2D eigenvalue weighted by atomic mass is 16.3. The molecule has 0 amide bonds. The van der Waals surface area contributed by atoms with E-state index in [1.807, 2.05) is 0 Å². The van der Waals surface area contributed by atoms with Crippen LogP contribution in [0.5, 0.6) is 0 Å². The smallest absolute Gasteiger partial charge is 0.0607 e. The second kappa shape index (κ2) is 5.69. The number of hydrogen-bond acceptors (Lipinski definition) is 3. The van der Waals surface area contributed by atoms with Crippen molar-refractivity contribution in [2.75, 3.05) is 13.2 Å². The van der Waals surface area contributed by atoms with Gasteiger partial charge in [-0.1, -0.05) is 20.3 Å². The van der Waals surface area contributed by atoms with Crippen LogP contribution in [0.15, 0.2) is 0 Å². The van der Waals surface area contributed by atoms with Crippen molar-refractivity contribution in [3.05, 3.63) is 0 Å². The summed E-state index contributed by atoms with van der Waals surface area (Å²) >= 11 is 0. The average Bonchev–Trinajstić information content (AvgIpc) is 2.18. The molecule has 1 saturated carbocycles. The van der Waals surface area contributed by atoms with Crippen molar-refractivity contribution in [2.24, 2.45) is 11.8 Å². The van der Waals surface area contributed by atoms with Crippen LogP contribution in [0.2, 0.25) is 0 Å². The molecule has 0 aliphatic heterocycles. The van der Waals surface area contributed by atoms with Gasteiger partial charge in [0.2, 0.25) is 0 Å². The summed E-state index contributed by atoms with van der Waals surface area (Å²) in [5.41, 5.74) is 0. The second-order valence-electron chi connectivity index (χ2n) is 4.64. The first-order valence-electron chi connectivity index (χ1n) is 5.66. The van der Waals surface area contributed by atoms with E-state index < -0.39 is 0 Å². The van der Waals surface area contributed by atoms with E-state index in [1.54, 1.807) is 0 Å². The number of nitrogens with one attached hydrogen (secondary N) is 1. The molecule has 3 atom stereocenters. The summed E-state index contributed by atoms with van der Waals surface area (Å²) in [6.45, 7) is 4.54. The fourth-order valence-electron chi connectivity index (χ4n) is 2.45. The molecule has 84 valence electrons. The van der Waals surface area contributed by atoms with Crippen LogP contribution in [-0.4, -0.2) is 35.5 Å². The molecule has 0 spiro atoms. The maximum atomic E-state index is 9.01. The van der Waals surface area contributed by atoms with Crippen molar-refractivity contribution in [2.45, 2.75) is 45.2 Å². The minimum absolute atomic E-state index is 0.0203. The normalized spacial score (nSPS) is 33.6. The first-order valence-corrected chi connectivity index (χ1v) is 5.66. The van der Waals surface area contributed by atoms with Gasteiger partial charge in [-0.3, -0.25) is 0 Å². The molecule has 1 aliphatic rings. The minimum Gasteiger partial charge on any atom is -0.395 e. The molecule has 14 heavy (non-hydrogen) atoms. The Hall–Kier alpha value is -0.120. The first kappa shape index (κ1) is 12.0. The summed E-state index contributed by atoms with van der Waals surface area (Å²) in [6, 6.07) is 0.302. The van der Waals surface area contributed by atoms with Crippen LogP contribution in [-0.2, 0) is 0 Å². The summed E-state index contributed by atoms with van der Waals surface area (Å²) in [6.07, 6.45) is 3.82. The van der Waals surface area contributed by atoms with Gasteiger partial charge in [-0.25, -0.2) is 0 Å². The Morgan fingerprint density at radius 2 is 1.64 bits per heavy atom. The molecule has 0 saturated heterocycles. The lowest BCUT2D eigenvalue weighted by atomic mass is 9.78. The van der Waals surface area contributed by atoms with Crippen LogP contribution in [0.3, 0.4) is 0 Å². The van der Waals surface area contributed by atoms with Gasteiger partial charge in [-0.15, -0.1) is 0 Å². The summed E-state index contributed by atoms with van der Waals surface area (Å²) in [5, 5.41) is 21.4. The zero-order chi connectivity index (χ0) is 10.6. The standard InChI is InChI=1S/C11H23NO2/c1-8-4-3-5-9(2)11(8)12-10(6-13)7-14/h8-14H,3-7H2,1-2H3/t8-,9+,11?. The van der Waals surface area contributed by atoms with E-state index in [2.05, 4.69) is 19.2 Å². The number of rotatable bonds is 4. The van der Waals surface area contributed by atoms with Gasteiger partial charge in [0.05, 0.1) is 19.3 Å². The van der Waals surface area contributed by atoms with Gasteiger partial charge in [-0.05, 0) is 24.7 Å². The number of aliphatic hydroxyl groups excluding tert-OH is 2. The topological polar surface area (TPSA) is 52.5 Å². The Kier molecular flexibility index (Phi) is 4.85. The van der Waals surface area contributed by atoms with E-state index in [4.69, 9.17) is 10.2 Å². The van der Waals surface area contributed by atoms with Crippen molar-refractivity contribution in [1.82, 2.24) is 5.32 Å². The van der Waals surface area contributed by atoms with E-state index >= 15 is 0 Å². The van der Waals surface area contributed by atoms with Crippen molar-refractivity contribution in [1.29, 1.82) is 0 Å². The van der Waals surface area contributed by atoms with Crippen LogP contribution in [0.1, 0.15) is 33.1 Å². The van der Waals surface area contributed by atoms with Crippen molar-refractivity contribution in [3.63, 3.8) is 0 Å². The average molecular weight is 201 g/mol. The third-order valence-electron chi connectivity index (χ3n) is 3.41. The van der Waals surface area contributed by atoms with Gasteiger partial charge >= 0.3 is 0 Å². The second-order valence-corrected chi connectivity index (χ2v) is 4.64. The molecule has 0 heterocycles. The molecule has 1 unspecified atom stereocenters. The Labute approximate surface area is 86.5 Å². The lowest BCUT2D eigenvalue weighted by Gasteiger charge is -2.37. The Bertz CT molecular complexity index is 149. The Morgan fingerprint density at radius 1 is 1.14 bits per heavy atom. The molecule has 3 nitrogen and oxygen atoms in total. The number of hydrogen-bond donors (Lipinski definition) is 3. The summed E-state index contributed by atoms with van der Waals surface area (Å²) in [7, 11) is 0. The summed E-state index contributed by atoms with van der Waals surface area (Å²) in [4.78, 5) is 0. The maximum Gasteiger partial charge on any atom is 0.0607 e. The lowest BCUT2D eigenvalue weighted by molar-refractivity contribution is 0.123. The van der Waals surface area contributed by atoms with Gasteiger partial charge in [-0.2, -0.15) is 0 Å². The lowest BCUT2D eigenvalue weighted by Crippen LogP contribution is -2.50. The van der Waals surface area contributed by atoms with Gasteiger partial charge in [0, 0.05) is 6.04 Å². The highest BCUT2D eigenvalue weighted by Crippen LogP contribution is 2.28. The van der Waals surface area contributed by atoms with Crippen LogP contribution >= 0.6 is 0 Å². The van der Waals surface area contributed by atoms with Crippen LogP contribution in [0.25, 0.3) is 0 Å². The third kappa shape index (κ3) is 2.94. The summed E-state index contributed by atoms with van der Waals surface area (Å²) < 4.78 is 0. The highest BCUT2D eigenvalue weighted by molar-refractivity contribution is 4.85. The van der Waals surface area contributed by atoms with Gasteiger partial charge in [0.15, 0.2) is 0 Å². The van der Waals surface area contributed by atoms with Crippen molar-refractivity contribution in [3.8, 4) is 0 Å². The van der Waals surface area contributed by atoms with Crippen LogP contribution in [0.4, 0.5) is 0 Å². The van der Waals surface area contributed by atoms with Crippen LogP contribution < -0.4 is 5.32 Å². The minimum atomic E-state index is -0.150. The SMILES string of the molecule is C[C@@H]1CCC[C@H](C)C1NC(CO)CO. The largest absolute Gasteiger partial charge is 0.395 e. The Balaban J connectivity index is 2.46. The maximum absolute atomic E-state index is 9.01. The van der Waals surface area contributed by atoms with Gasteiger partial charge in [0.25, 0.3) is 0 Å². The molecule has 0 aromatic rings. The van der Waals surface area contributed by atoms with E-state index in [-0.39, 0.29) is 19.3 Å². The van der Waals surface area contributed by atoms with Gasteiger partial charge < -0.3 is 15.5 Å². The molecular formula is C11H23NO2. The fraction of sp³-hybridized carbons (Fsp3) is 1.00. The fourth-order valence-corrected chi connectivity index (χ4v) is 2.45. The Morgan fingerprint density at radius 3 is 2.07 bits per heavy atom. The number of aliphatic hydroxyl groups is 2. The van der Waals surface area contributed by atoms with E-state index in [9.17, 15) is 0 Å². The van der Waals surface area contributed by atoms with Gasteiger partial charge in [0.1, 0.15) is 0 Å². The molecule has 3 N–H and O–H groups in total. The molecule has 0 radical (unpaired) electrons. The third-order valence-corrected chi connectivity index (χ3v) is 3.41. The molecule has 0 aromatic carbocycles. The zero-order valence-electron chi connectivity index (χ0n) is 9.24. The predicted octanol–water partition coefficient (Wildman–Crippen LogP) is 0.754. The van der Waals surface area contributed by atoms with Crippen molar-refractivity contribution < 1.29 is 10.2 Å². The predicted molar refractivity (Wildman–Crippen MR) is 57.1 cm³/mol. The van der Waals surface area contributed by atoms with Crippen molar-refractivity contribution >= 4 is 0 Å². The van der Waals surface area contributed by atoms with E-state index in [0.717, 1.165) is 0 Å². The monoisotopic (exact) mass is 201 g/mol. The molecular weight excluding hydrogens is 178 g/mol. The molecule has 1 aliphatic carbocycles. The zero-order valence-corrected chi connectivity index (χ0v) is 9.24. The van der Waals surface area contributed by atoms with E-state index in [0.29, 0.717) is 17.9 Å². The molecule has 0 aromatic heterocycles.